The van der Waals surface area contributed by atoms with Crippen molar-refractivity contribution in [2.75, 3.05) is 0 Å². The number of thiazole rings is 1. The highest BCUT2D eigenvalue weighted by atomic mass is 32.1. The van der Waals surface area contributed by atoms with E-state index in [1.807, 2.05) is 5.38 Å². The lowest BCUT2D eigenvalue weighted by Gasteiger charge is -1.90. The van der Waals surface area contributed by atoms with Crippen LogP contribution >= 0.6 is 11.3 Å². The van der Waals surface area contributed by atoms with Gasteiger partial charge in [0.05, 0.1) is 17.6 Å². The van der Waals surface area contributed by atoms with Crippen molar-refractivity contribution < 1.29 is 5.21 Å². The quantitative estimate of drug-likeness (QED) is 0.283. The van der Waals surface area contributed by atoms with E-state index in [1.165, 1.54) is 11.3 Å². The highest BCUT2D eigenvalue weighted by molar-refractivity contribution is 7.07. The molecule has 0 aromatic carbocycles. The lowest BCUT2D eigenvalue weighted by molar-refractivity contribution is 0.317. The molecule has 5 heteroatoms. The lowest BCUT2D eigenvalue weighted by Crippen LogP contribution is -2.14. The SMILES string of the molecule is N/C(Cc1cscn1)=N\O. The third-order valence-electron chi connectivity index (χ3n) is 0.974. The monoisotopic (exact) mass is 157 g/mol. The molecule has 0 aliphatic carbocycles. The van der Waals surface area contributed by atoms with Crippen LogP contribution in [-0.4, -0.2) is 16.0 Å². The molecule has 1 rings (SSSR count). The first-order valence-electron chi connectivity index (χ1n) is 2.66. The average Bonchev–Trinajstić information content (AvgIpc) is 2.40. The van der Waals surface area contributed by atoms with Crippen molar-refractivity contribution in [1.29, 1.82) is 0 Å². The Morgan fingerprint density at radius 2 is 2.70 bits per heavy atom. The zero-order chi connectivity index (χ0) is 7.40. The van der Waals surface area contributed by atoms with Gasteiger partial charge in [-0.3, -0.25) is 0 Å². The molecule has 0 saturated heterocycles. The van der Waals surface area contributed by atoms with Crippen LogP contribution in [-0.2, 0) is 6.42 Å². The molecule has 1 heterocycles. The molecule has 1 aromatic rings. The number of rotatable bonds is 2. The highest BCUT2D eigenvalue weighted by Gasteiger charge is 1.97. The summed E-state index contributed by atoms with van der Waals surface area (Å²) in [5.74, 6) is 0.186. The van der Waals surface area contributed by atoms with E-state index in [2.05, 4.69) is 10.1 Å². The molecule has 0 aliphatic rings. The Hall–Kier alpha value is -1.10. The molecular weight excluding hydrogens is 150 g/mol. The van der Waals surface area contributed by atoms with E-state index in [0.29, 0.717) is 6.42 Å². The van der Waals surface area contributed by atoms with Gasteiger partial charge in [-0.1, -0.05) is 5.16 Å². The van der Waals surface area contributed by atoms with Gasteiger partial charge in [0.25, 0.3) is 0 Å². The topological polar surface area (TPSA) is 71.5 Å². The minimum atomic E-state index is 0.186. The first kappa shape index (κ1) is 7.01. The predicted octanol–water partition coefficient (Wildman–Crippen LogP) is 0.432. The number of hydrogen-bond donors (Lipinski definition) is 2. The number of amidine groups is 1. The van der Waals surface area contributed by atoms with Gasteiger partial charge in [-0.15, -0.1) is 11.3 Å². The van der Waals surface area contributed by atoms with Gasteiger partial charge in [-0.05, 0) is 0 Å². The Balaban J connectivity index is 2.56. The third-order valence-corrected chi connectivity index (χ3v) is 1.61. The first-order chi connectivity index (χ1) is 4.83. The molecule has 0 saturated carbocycles. The average molecular weight is 157 g/mol. The van der Waals surface area contributed by atoms with Gasteiger partial charge in [0.2, 0.25) is 0 Å². The lowest BCUT2D eigenvalue weighted by atomic mass is 10.3. The van der Waals surface area contributed by atoms with Crippen molar-refractivity contribution in [2.24, 2.45) is 10.9 Å². The summed E-state index contributed by atoms with van der Waals surface area (Å²) in [6, 6.07) is 0. The summed E-state index contributed by atoms with van der Waals surface area (Å²) >= 11 is 1.49. The van der Waals surface area contributed by atoms with Gasteiger partial charge in [0.1, 0.15) is 5.84 Å². The summed E-state index contributed by atoms with van der Waals surface area (Å²) in [5, 5.41) is 12.9. The molecule has 0 fully saturated rings. The van der Waals surface area contributed by atoms with Crippen LogP contribution in [0.3, 0.4) is 0 Å². The van der Waals surface area contributed by atoms with E-state index >= 15 is 0 Å². The largest absolute Gasteiger partial charge is 0.409 e. The predicted molar refractivity (Wildman–Crippen MR) is 39.2 cm³/mol. The van der Waals surface area contributed by atoms with Crippen LogP contribution in [0.2, 0.25) is 0 Å². The van der Waals surface area contributed by atoms with Gasteiger partial charge in [0.15, 0.2) is 0 Å². The van der Waals surface area contributed by atoms with E-state index in [4.69, 9.17) is 10.9 Å². The van der Waals surface area contributed by atoms with Crippen LogP contribution in [0.4, 0.5) is 0 Å². The van der Waals surface area contributed by atoms with Crippen molar-refractivity contribution >= 4 is 17.2 Å². The van der Waals surface area contributed by atoms with Gasteiger partial charge in [-0.2, -0.15) is 0 Å². The van der Waals surface area contributed by atoms with Gasteiger partial charge in [0, 0.05) is 5.38 Å². The Bertz CT molecular complexity index is 219. The molecule has 1 aromatic heterocycles. The van der Waals surface area contributed by atoms with Crippen molar-refractivity contribution in [1.82, 2.24) is 4.98 Å². The van der Waals surface area contributed by atoms with Crippen molar-refractivity contribution in [2.45, 2.75) is 6.42 Å². The Morgan fingerprint density at radius 1 is 1.90 bits per heavy atom. The van der Waals surface area contributed by atoms with E-state index in [9.17, 15) is 0 Å². The fraction of sp³-hybridized carbons (Fsp3) is 0.200. The molecular formula is C5H7N3OS. The number of aromatic nitrogens is 1. The number of oxime groups is 1. The van der Waals surface area contributed by atoms with Crippen LogP contribution in [0.25, 0.3) is 0 Å². The molecule has 10 heavy (non-hydrogen) atoms. The molecule has 4 nitrogen and oxygen atoms in total. The second-order valence-corrected chi connectivity index (χ2v) is 2.47. The summed E-state index contributed by atoms with van der Waals surface area (Å²) in [4.78, 5) is 3.95. The van der Waals surface area contributed by atoms with Crippen LogP contribution in [0.15, 0.2) is 16.0 Å². The van der Waals surface area contributed by atoms with E-state index in [0.717, 1.165) is 5.69 Å². The zero-order valence-electron chi connectivity index (χ0n) is 5.19. The zero-order valence-corrected chi connectivity index (χ0v) is 6.01. The number of hydrogen-bond acceptors (Lipinski definition) is 4. The maximum absolute atomic E-state index is 8.17. The van der Waals surface area contributed by atoms with Gasteiger partial charge in [-0.25, -0.2) is 4.98 Å². The fourth-order valence-electron chi connectivity index (χ4n) is 0.546. The van der Waals surface area contributed by atoms with Gasteiger partial charge < -0.3 is 10.9 Å². The number of nitrogens with two attached hydrogens (primary N) is 1. The normalized spacial score (nSPS) is 11.8. The molecule has 0 amide bonds. The second-order valence-electron chi connectivity index (χ2n) is 1.75. The van der Waals surface area contributed by atoms with Crippen molar-refractivity contribution in [3.05, 3.63) is 16.6 Å². The molecule has 0 radical (unpaired) electrons. The molecule has 3 N–H and O–H groups in total. The smallest absolute Gasteiger partial charge is 0.145 e. The van der Waals surface area contributed by atoms with E-state index in [-0.39, 0.29) is 5.84 Å². The second kappa shape index (κ2) is 3.17. The minimum absolute atomic E-state index is 0.186. The Kier molecular flexibility index (Phi) is 2.22. The maximum atomic E-state index is 8.17. The van der Waals surface area contributed by atoms with Crippen molar-refractivity contribution in [3.8, 4) is 0 Å². The molecule has 0 bridgehead atoms. The van der Waals surface area contributed by atoms with Crippen LogP contribution < -0.4 is 5.73 Å². The Labute approximate surface area is 62.0 Å². The maximum Gasteiger partial charge on any atom is 0.145 e. The van der Waals surface area contributed by atoms with Gasteiger partial charge >= 0.3 is 0 Å². The standard InChI is InChI=1S/C5H7N3OS/c6-5(8-9)1-4-2-10-3-7-4/h2-3,9H,1H2,(H2,6,8). The van der Waals surface area contributed by atoms with Crippen molar-refractivity contribution in [3.63, 3.8) is 0 Å². The van der Waals surface area contributed by atoms with E-state index in [1.54, 1.807) is 5.51 Å². The van der Waals surface area contributed by atoms with E-state index < -0.39 is 0 Å². The molecule has 54 valence electrons. The number of nitrogens with zero attached hydrogens (tertiary/aromatic N) is 2. The summed E-state index contributed by atoms with van der Waals surface area (Å²) in [6.07, 6.45) is 0.417. The summed E-state index contributed by atoms with van der Waals surface area (Å²) in [5.41, 5.74) is 7.77. The fourth-order valence-corrected chi connectivity index (χ4v) is 1.10. The molecule has 0 aliphatic heterocycles. The minimum Gasteiger partial charge on any atom is -0.409 e. The highest BCUT2D eigenvalue weighted by Crippen LogP contribution is 2.00. The first-order valence-corrected chi connectivity index (χ1v) is 3.60. The van der Waals surface area contributed by atoms with Crippen LogP contribution in [0, 0.1) is 0 Å². The molecule has 0 atom stereocenters. The summed E-state index contributed by atoms with van der Waals surface area (Å²) in [7, 11) is 0. The Morgan fingerprint density at radius 3 is 3.20 bits per heavy atom. The molecule has 0 unspecified atom stereocenters. The molecule has 0 spiro atoms. The summed E-state index contributed by atoms with van der Waals surface area (Å²) < 4.78 is 0. The van der Waals surface area contributed by atoms with Crippen LogP contribution in [0.5, 0.6) is 0 Å². The summed E-state index contributed by atoms with van der Waals surface area (Å²) in [6.45, 7) is 0. The van der Waals surface area contributed by atoms with Crippen LogP contribution in [0.1, 0.15) is 5.69 Å². The third kappa shape index (κ3) is 1.70.